The number of hydrogen-bond acceptors (Lipinski definition) is 7. The van der Waals surface area contributed by atoms with E-state index in [-0.39, 0.29) is 0 Å². The highest BCUT2D eigenvalue weighted by molar-refractivity contribution is 6.13. The van der Waals surface area contributed by atoms with E-state index >= 15 is 0 Å². The molecule has 0 aliphatic rings. The van der Waals surface area contributed by atoms with Crippen LogP contribution in [0.3, 0.4) is 0 Å². The van der Waals surface area contributed by atoms with Crippen molar-refractivity contribution in [1.29, 1.82) is 0 Å². The van der Waals surface area contributed by atoms with Gasteiger partial charge in [0.1, 0.15) is 11.2 Å². The van der Waals surface area contributed by atoms with Crippen LogP contribution in [0.1, 0.15) is 0 Å². The van der Waals surface area contributed by atoms with E-state index in [9.17, 15) is 0 Å². The molecule has 0 bridgehead atoms. The van der Waals surface area contributed by atoms with Crippen molar-refractivity contribution in [3.8, 4) is 79.5 Å². The van der Waals surface area contributed by atoms with E-state index in [1.807, 2.05) is 158 Å². The highest BCUT2D eigenvalue weighted by Crippen LogP contribution is 2.41. The van der Waals surface area contributed by atoms with Gasteiger partial charge in [-0.15, -0.1) is 0 Å². The van der Waals surface area contributed by atoms with Crippen molar-refractivity contribution in [2.75, 3.05) is 0 Å². The first kappa shape index (κ1) is 32.0. The first-order valence-electron chi connectivity index (χ1n) is 18.0. The summed E-state index contributed by atoms with van der Waals surface area (Å²) in [7, 11) is 0. The van der Waals surface area contributed by atoms with Crippen molar-refractivity contribution >= 4 is 21.9 Å². The minimum absolute atomic E-state index is 0.546. The van der Waals surface area contributed by atoms with Gasteiger partial charge < -0.3 is 4.42 Å². The van der Waals surface area contributed by atoms with Gasteiger partial charge >= 0.3 is 0 Å². The minimum atomic E-state index is 0.546. The zero-order valence-electron chi connectivity index (χ0n) is 29.4. The van der Waals surface area contributed by atoms with Gasteiger partial charge in [0, 0.05) is 44.2 Å². The van der Waals surface area contributed by atoms with Crippen molar-refractivity contribution in [1.82, 2.24) is 29.9 Å². The zero-order valence-corrected chi connectivity index (χ0v) is 29.4. The monoisotopic (exact) mass is 706 g/mol. The molecule has 0 fully saturated rings. The van der Waals surface area contributed by atoms with Crippen molar-refractivity contribution < 1.29 is 4.42 Å². The fraction of sp³-hybridized carbons (Fsp3) is 0. The minimum Gasteiger partial charge on any atom is -0.456 e. The summed E-state index contributed by atoms with van der Waals surface area (Å²) in [6, 6.07) is 60.7. The van der Waals surface area contributed by atoms with Crippen LogP contribution >= 0.6 is 0 Å². The van der Waals surface area contributed by atoms with E-state index in [1.54, 1.807) is 0 Å². The number of rotatable bonds is 7. The SMILES string of the molecule is c1ccc(-c2nc(-c3ccccc3)nc(-c3cccc(-c4cc(-c5nc(-c6ccccc6)nc(-c6ccccc6)n5)cc5oc6ccccc6c45)c3)n2)cc1. The quantitative estimate of drug-likeness (QED) is 0.163. The topological polar surface area (TPSA) is 90.5 Å². The second-order valence-corrected chi connectivity index (χ2v) is 13.2. The molecule has 0 saturated carbocycles. The van der Waals surface area contributed by atoms with E-state index in [1.165, 1.54) is 0 Å². The molecule has 0 spiro atoms. The molecule has 55 heavy (non-hydrogen) atoms. The summed E-state index contributed by atoms with van der Waals surface area (Å²) in [6.07, 6.45) is 0. The van der Waals surface area contributed by atoms with Gasteiger partial charge in [-0.2, -0.15) is 0 Å². The fourth-order valence-corrected chi connectivity index (χ4v) is 6.91. The second kappa shape index (κ2) is 13.7. The second-order valence-electron chi connectivity index (χ2n) is 13.2. The molecule has 7 nitrogen and oxygen atoms in total. The number of hydrogen-bond donors (Lipinski definition) is 0. The third-order valence-corrected chi connectivity index (χ3v) is 9.57. The lowest BCUT2D eigenvalue weighted by Crippen LogP contribution is -2.00. The molecule has 0 N–H and O–H groups in total. The normalized spacial score (nSPS) is 11.3. The largest absolute Gasteiger partial charge is 0.456 e. The van der Waals surface area contributed by atoms with Crippen LogP contribution in [0.15, 0.2) is 186 Å². The third-order valence-electron chi connectivity index (χ3n) is 9.57. The van der Waals surface area contributed by atoms with Crippen molar-refractivity contribution in [3.63, 3.8) is 0 Å². The van der Waals surface area contributed by atoms with Gasteiger partial charge in [-0.05, 0) is 35.4 Å². The van der Waals surface area contributed by atoms with Gasteiger partial charge in [0.25, 0.3) is 0 Å². The molecular formula is C48H30N6O. The molecular weight excluding hydrogens is 677 g/mol. The molecule has 0 aliphatic heterocycles. The lowest BCUT2D eigenvalue weighted by molar-refractivity contribution is 0.669. The number of furan rings is 1. The average molecular weight is 707 g/mol. The predicted molar refractivity (Wildman–Crippen MR) is 219 cm³/mol. The van der Waals surface area contributed by atoms with E-state index in [0.717, 1.165) is 66.4 Å². The Morgan fingerprint density at radius 3 is 1.15 bits per heavy atom. The molecule has 10 rings (SSSR count). The van der Waals surface area contributed by atoms with Gasteiger partial charge in [0.15, 0.2) is 34.9 Å². The number of benzene rings is 7. The Balaban J connectivity index is 1.18. The first-order valence-corrected chi connectivity index (χ1v) is 18.0. The summed E-state index contributed by atoms with van der Waals surface area (Å²) in [5, 5.41) is 2.02. The Morgan fingerprint density at radius 2 is 0.655 bits per heavy atom. The molecule has 0 unspecified atom stereocenters. The fourth-order valence-electron chi connectivity index (χ4n) is 6.91. The number of aromatic nitrogens is 6. The maximum atomic E-state index is 6.55. The van der Waals surface area contributed by atoms with Crippen LogP contribution in [0.4, 0.5) is 0 Å². The average Bonchev–Trinajstić information content (AvgIpc) is 3.66. The van der Waals surface area contributed by atoms with Gasteiger partial charge in [-0.25, -0.2) is 29.9 Å². The van der Waals surface area contributed by atoms with Crippen LogP contribution in [0.5, 0.6) is 0 Å². The van der Waals surface area contributed by atoms with Gasteiger partial charge in [0.2, 0.25) is 0 Å². The lowest BCUT2D eigenvalue weighted by atomic mass is 9.95. The smallest absolute Gasteiger partial charge is 0.164 e. The molecule has 0 amide bonds. The van der Waals surface area contributed by atoms with Crippen molar-refractivity contribution in [2.45, 2.75) is 0 Å². The van der Waals surface area contributed by atoms with Crippen LogP contribution in [0.2, 0.25) is 0 Å². The summed E-state index contributed by atoms with van der Waals surface area (Å²) in [4.78, 5) is 29.9. The molecule has 0 saturated heterocycles. The number of nitrogens with zero attached hydrogens (tertiary/aromatic N) is 6. The van der Waals surface area contributed by atoms with Crippen LogP contribution < -0.4 is 0 Å². The summed E-state index contributed by atoms with van der Waals surface area (Å²) < 4.78 is 6.55. The van der Waals surface area contributed by atoms with Crippen molar-refractivity contribution in [3.05, 3.63) is 182 Å². The molecule has 7 heteroatoms. The molecule has 258 valence electrons. The number of para-hydroxylation sites is 1. The zero-order chi connectivity index (χ0) is 36.6. The van der Waals surface area contributed by atoms with Gasteiger partial charge in [0.05, 0.1) is 0 Å². The summed E-state index contributed by atoms with van der Waals surface area (Å²) in [5.41, 5.74) is 8.80. The predicted octanol–water partition coefficient (Wildman–Crippen LogP) is 11.6. The van der Waals surface area contributed by atoms with E-state index in [4.69, 9.17) is 34.3 Å². The molecule has 7 aromatic carbocycles. The van der Waals surface area contributed by atoms with E-state index < -0.39 is 0 Å². The molecule has 10 aromatic rings. The number of fused-ring (bicyclic) bond motifs is 3. The van der Waals surface area contributed by atoms with Crippen LogP contribution in [0, 0.1) is 0 Å². The highest BCUT2D eigenvalue weighted by atomic mass is 16.3. The van der Waals surface area contributed by atoms with Crippen LogP contribution in [0.25, 0.3) is 101 Å². The summed E-state index contributed by atoms with van der Waals surface area (Å²) >= 11 is 0. The van der Waals surface area contributed by atoms with Crippen molar-refractivity contribution in [2.24, 2.45) is 0 Å². The Bertz CT molecular complexity index is 2850. The van der Waals surface area contributed by atoms with Gasteiger partial charge in [-0.1, -0.05) is 158 Å². The first-order chi connectivity index (χ1) is 27.2. The van der Waals surface area contributed by atoms with E-state index in [0.29, 0.717) is 34.9 Å². The Morgan fingerprint density at radius 1 is 0.273 bits per heavy atom. The summed E-state index contributed by atoms with van der Waals surface area (Å²) in [5.74, 6) is 3.53. The van der Waals surface area contributed by atoms with E-state index in [2.05, 4.69) is 24.3 Å². The molecule has 0 atom stereocenters. The maximum absolute atomic E-state index is 6.55. The standard InChI is InChI=1S/C48H30N6O/c1-5-16-31(17-6-1)43-49-44(32-18-7-2-8-19-32)52-47(51-43)36-25-15-24-35(28-36)39-29-37(30-41-42(39)38-26-13-14-27-40(38)55-41)48-53-45(33-20-9-3-10-21-33)50-46(54-48)34-22-11-4-12-23-34/h1-30H. The molecule has 0 radical (unpaired) electrons. The molecule has 0 aliphatic carbocycles. The Hall–Kier alpha value is -7.64. The maximum Gasteiger partial charge on any atom is 0.164 e. The Labute approximate surface area is 316 Å². The summed E-state index contributed by atoms with van der Waals surface area (Å²) in [6.45, 7) is 0. The lowest BCUT2D eigenvalue weighted by Gasteiger charge is -2.12. The van der Waals surface area contributed by atoms with Crippen LogP contribution in [-0.4, -0.2) is 29.9 Å². The third kappa shape index (κ3) is 6.19. The van der Waals surface area contributed by atoms with Crippen LogP contribution in [-0.2, 0) is 0 Å². The Kier molecular flexibility index (Phi) is 8.00. The molecule has 3 aromatic heterocycles. The molecule has 3 heterocycles. The highest BCUT2D eigenvalue weighted by Gasteiger charge is 2.20. The van der Waals surface area contributed by atoms with Gasteiger partial charge in [-0.3, -0.25) is 0 Å².